The lowest BCUT2D eigenvalue weighted by Crippen LogP contribution is -2.16. The zero-order chi connectivity index (χ0) is 16.5. The second-order valence-corrected chi connectivity index (χ2v) is 6.41. The van der Waals surface area contributed by atoms with Crippen LogP contribution < -0.4 is 0 Å². The minimum atomic E-state index is -2.83. The molecule has 0 aliphatic carbocycles. The van der Waals surface area contributed by atoms with Gasteiger partial charge in [0.1, 0.15) is 0 Å². The fourth-order valence-electron chi connectivity index (χ4n) is 2.51. The zero-order valence-corrected chi connectivity index (χ0v) is 13.6. The number of alkyl halides is 2. The Bertz CT molecular complexity index is 647. The van der Waals surface area contributed by atoms with Crippen LogP contribution in [0.5, 0.6) is 0 Å². The number of aryl methyl sites for hydroxylation is 1. The van der Waals surface area contributed by atoms with Crippen molar-refractivity contribution in [2.24, 2.45) is 0 Å². The molecule has 0 saturated carbocycles. The molecule has 0 aliphatic rings. The average molecular weight is 298 g/mol. The van der Waals surface area contributed by atoms with Gasteiger partial charge in [-0.05, 0) is 34.5 Å². The molecule has 0 amide bonds. The molecule has 114 valence electrons. The van der Waals surface area contributed by atoms with Crippen LogP contribution in [0.1, 0.15) is 44.4 Å². The molecule has 0 fully saturated rings. The molecule has 0 aromatic heterocycles. The minimum Gasteiger partial charge on any atom is -0.202 e. The fraction of sp³-hybridized carbons (Fsp3) is 0.368. The smallest absolute Gasteiger partial charge is 0.202 e. The maximum absolute atomic E-state index is 13.6. The quantitative estimate of drug-likeness (QED) is 0.660. The molecule has 2 aromatic carbocycles. The van der Waals surface area contributed by atoms with Crippen molar-refractivity contribution >= 4 is 7.85 Å². The average Bonchev–Trinajstić information content (AvgIpc) is 2.45. The van der Waals surface area contributed by atoms with Crippen LogP contribution in [0, 0.1) is 0 Å². The molecule has 22 heavy (non-hydrogen) atoms. The lowest BCUT2D eigenvalue weighted by molar-refractivity contribution is 0.0175. The van der Waals surface area contributed by atoms with Crippen molar-refractivity contribution in [3.05, 3.63) is 59.2 Å². The highest BCUT2D eigenvalue weighted by Gasteiger charge is 2.25. The highest BCUT2D eigenvalue weighted by atomic mass is 19.3. The third-order valence-electron chi connectivity index (χ3n) is 3.94. The summed E-state index contributed by atoms with van der Waals surface area (Å²) in [6, 6.07) is 12.7. The van der Waals surface area contributed by atoms with E-state index in [1.54, 1.807) is 12.1 Å². The molecule has 0 bridgehead atoms. The first-order valence-electron chi connectivity index (χ1n) is 7.54. The van der Waals surface area contributed by atoms with E-state index in [0.717, 1.165) is 35.6 Å². The normalized spacial score (nSPS) is 12.5. The third-order valence-corrected chi connectivity index (χ3v) is 3.94. The zero-order valence-electron chi connectivity index (χ0n) is 13.6. The fourth-order valence-corrected chi connectivity index (χ4v) is 2.51. The van der Waals surface area contributed by atoms with E-state index in [1.807, 2.05) is 45.0 Å². The Labute approximate surface area is 133 Å². The molecule has 3 heteroatoms. The molecular weight excluding hydrogens is 277 g/mol. The lowest BCUT2D eigenvalue weighted by Gasteiger charge is -2.20. The van der Waals surface area contributed by atoms with Crippen molar-refractivity contribution in [3.8, 4) is 11.1 Å². The molecule has 0 saturated heterocycles. The Morgan fingerprint density at radius 2 is 1.45 bits per heavy atom. The first-order chi connectivity index (χ1) is 10.1. The maximum atomic E-state index is 13.6. The molecule has 2 aromatic rings. The number of benzene rings is 2. The molecule has 0 aliphatic heterocycles. The first kappa shape index (κ1) is 16.7. The summed E-state index contributed by atoms with van der Waals surface area (Å²) in [5, 5.41) is -0.412. The van der Waals surface area contributed by atoms with E-state index in [2.05, 4.69) is 0 Å². The number of hydrogen-bond acceptors (Lipinski definition) is 0. The van der Waals surface area contributed by atoms with Crippen molar-refractivity contribution in [1.82, 2.24) is 0 Å². The second kappa shape index (κ2) is 5.87. The summed E-state index contributed by atoms with van der Waals surface area (Å²) in [4.78, 5) is 0. The van der Waals surface area contributed by atoms with E-state index >= 15 is 0 Å². The Balaban J connectivity index is 2.51. The van der Waals surface area contributed by atoms with Crippen molar-refractivity contribution in [2.45, 2.75) is 45.4 Å². The molecule has 0 atom stereocenters. The van der Waals surface area contributed by atoms with Gasteiger partial charge < -0.3 is 0 Å². The molecule has 0 spiro atoms. The third kappa shape index (κ3) is 3.57. The highest BCUT2D eigenvalue weighted by Crippen LogP contribution is 2.33. The van der Waals surface area contributed by atoms with Crippen molar-refractivity contribution in [3.63, 3.8) is 0 Å². The van der Waals surface area contributed by atoms with Crippen molar-refractivity contribution in [1.29, 1.82) is 0 Å². The van der Waals surface area contributed by atoms with Gasteiger partial charge in [-0.2, -0.15) is 0 Å². The Morgan fingerprint density at radius 1 is 0.909 bits per heavy atom. The summed E-state index contributed by atoms with van der Waals surface area (Å²) in [5.41, 5.74) is 3.93. The molecule has 2 radical (unpaired) electrons. The number of hydrogen-bond donors (Lipinski definition) is 0. The predicted molar refractivity (Wildman–Crippen MR) is 89.6 cm³/mol. The first-order valence-corrected chi connectivity index (χ1v) is 7.54. The van der Waals surface area contributed by atoms with Crippen LogP contribution in [0.4, 0.5) is 8.78 Å². The van der Waals surface area contributed by atoms with Gasteiger partial charge in [-0.15, -0.1) is 0 Å². The van der Waals surface area contributed by atoms with Crippen molar-refractivity contribution < 1.29 is 8.78 Å². The van der Waals surface area contributed by atoms with Crippen LogP contribution in [0.25, 0.3) is 11.1 Å². The largest absolute Gasteiger partial charge is 0.270 e. The van der Waals surface area contributed by atoms with Gasteiger partial charge in [0.25, 0.3) is 5.92 Å². The van der Waals surface area contributed by atoms with Crippen molar-refractivity contribution in [2.75, 3.05) is 0 Å². The lowest BCUT2D eigenvalue weighted by atomic mass is 9.67. The van der Waals surface area contributed by atoms with Gasteiger partial charge in [-0.25, -0.2) is 8.78 Å². The molecule has 0 heterocycles. The summed E-state index contributed by atoms with van der Waals surface area (Å²) >= 11 is 0. The van der Waals surface area contributed by atoms with Gasteiger partial charge in [-0.1, -0.05) is 62.7 Å². The summed E-state index contributed by atoms with van der Waals surface area (Å²) in [5.74, 6) is -2.83. The van der Waals surface area contributed by atoms with Gasteiger partial charge in [0.2, 0.25) is 0 Å². The van der Waals surface area contributed by atoms with E-state index in [9.17, 15) is 8.78 Å². The molecular formula is C19H21BF2. The molecule has 0 N–H and O–H groups in total. The second-order valence-electron chi connectivity index (χ2n) is 6.41. The number of rotatable bonds is 4. The van der Waals surface area contributed by atoms with E-state index in [1.165, 1.54) is 6.07 Å². The molecule has 0 unspecified atom stereocenters. The predicted octanol–water partition coefficient (Wildman–Crippen LogP) is 5.43. The topological polar surface area (TPSA) is 0 Å². The summed E-state index contributed by atoms with van der Waals surface area (Å²) in [6.07, 6.45) is 0.801. The van der Waals surface area contributed by atoms with E-state index in [-0.39, 0.29) is 5.56 Å². The van der Waals surface area contributed by atoms with Crippen LogP contribution in [-0.4, -0.2) is 7.85 Å². The SMILES string of the molecule is [B]C(C)(C)c1ccc(-c2cc(C(C)(F)F)ccc2CC)cc1. The maximum Gasteiger partial charge on any atom is 0.270 e. The van der Waals surface area contributed by atoms with E-state index < -0.39 is 11.2 Å². The van der Waals surface area contributed by atoms with Gasteiger partial charge in [-0.3, -0.25) is 0 Å². The Morgan fingerprint density at radius 3 is 1.91 bits per heavy atom. The summed E-state index contributed by atoms with van der Waals surface area (Å²) in [6.45, 7) is 6.84. The number of halogens is 2. The van der Waals surface area contributed by atoms with E-state index in [0.29, 0.717) is 0 Å². The highest BCUT2D eigenvalue weighted by molar-refractivity contribution is 6.15. The molecule has 0 nitrogen and oxygen atoms in total. The van der Waals surface area contributed by atoms with Crippen LogP contribution in [0.2, 0.25) is 0 Å². The van der Waals surface area contributed by atoms with Crippen LogP contribution in [-0.2, 0) is 17.7 Å². The van der Waals surface area contributed by atoms with Crippen LogP contribution in [0.3, 0.4) is 0 Å². The van der Waals surface area contributed by atoms with Gasteiger partial charge in [0.15, 0.2) is 0 Å². The monoisotopic (exact) mass is 298 g/mol. The van der Waals surface area contributed by atoms with Crippen LogP contribution in [0.15, 0.2) is 42.5 Å². The standard InChI is InChI=1S/C19H21BF2/c1-5-13-6-11-16(19(4,21)22)12-17(13)14-7-9-15(10-8-14)18(2,3)20/h6-12H,5H2,1-4H3. The Hall–Kier alpha value is -1.64. The van der Waals surface area contributed by atoms with Gasteiger partial charge in [0.05, 0.1) is 7.85 Å². The molecule has 2 rings (SSSR count). The van der Waals surface area contributed by atoms with Gasteiger partial charge in [0, 0.05) is 12.5 Å². The Kier molecular flexibility index (Phi) is 4.46. The van der Waals surface area contributed by atoms with Crippen LogP contribution >= 0.6 is 0 Å². The summed E-state index contributed by atoms with van der Waals surface area (Å²) < 4.78 is 27.2. The van der Waals surface area contributed by atoms with Gasteiger partial charge >= 0.3 is 0 Å². The minimum absolute atomic E-state index is 0.0444. The van der Waals surface area contributed by atoms with E-state index in [4.69, 9.17) is 7.85 Å². The summed E-state index contributed by atoms with van der Waals surface area (Å²) in [7, 11) is 6.08.